The first-order chi connectivity index (χ1) is 10.3. The van der Waals surface area contributed by atoms with Crippen LogP contribution in [-0.2, 0) is 0 Å². The van der Waals surface area contributed by atoms with Gasteiger partial charge in [-0.25, -0.2) is 4.98 Å². The van der Waals surface area contributed by atoms with Crippen LogP contribution >= 0.6 is 0 Å². The Bertz CT molecular complexity index is 523. The van der Waals surface area contributed by atoms with Crippen LogP contribution in [0.15, 0.2) is 42.6 Å². The summed E-state index contributed by atoms with van der Waals surface area (Å²) in [6.07, 6.45) is 11.8. The predicted molar refractivity (Wildman–Crippen MR) is 86.4 cm³/mol. The first-order valence-electron chi connectivity index (χ1n) is 7.56. The van der Waals surface area contributed by atoms with Crippen LogP contribution in [-0.4, -0.2) is 24.0 Å². The van der Waals surface area contributed by atoms with Crippen molar-refractivity contribution < 1.29 is 4.79 Å². The number of anilines is 1. The van der Waals surface area contributed by atoms with E-state index in [-0.39, 0.29) is 5.91 Å². The molecule has 0 bridgehead atoms. The quantitative estimate of drug-likeness (QED) is 0.756. The van der Waals surface area contributed by atoms with Crippen LogP contribution in [0.2, 0.25) is 0 Å². The summed E-state index contributed by atoms with van der Waals surface area (Å²) in [6, 6.07) is 3.50. The molecule has 1 amide bonds. The number of aromatic nitrogens is 1. The molecule has 21 heavy (non-hydrogen) atoms. The van der Waals surface area contributed by atoms with E-state index >= 15 is 0 Å². The average molecular weight is 285 g/mol. The molecule has 0 saturated heterocycles. The van der Waals surface area contributed by atoms with Gasteiger partial charge in [0.25, 0.3) is 5.91 Å². The molecular weight excluding hydrogens is 262 g/mol. The highest BCUT2D eigenvalue weighted by atomic mass is 16.1. The van der Waals surface area contributed by atoms with Gasteiger partial charge in [-0.1, -0.05) is 17.7 Å². The molecule has 1 heterocycles. The Hall–Kier alpha value is -2.10. The Morgan fingerprint density at radius 2 is 2.33 bits per heavy atom. The lowest BCUT2D eigenvalue weighted by Gasteiger charge is -2.13. The lowest BCUT2D eigenvalue weighted by atomic mass is 9.97. The first kappa shape index (κ1) is 15.3. The van der Waals surface area contributed by atoms with Crippen LogP contribution in [0.3, 0.4) is 0 Å². The number of nitrogens with one attached hydrogen (secondary N) is 2. The molecule has 1 aromatic rings. The minimum atomic E-state index is -0.102. The first-order valence-corrected chi connectivity index (χ1v) is 7.56. The van der Waals surface area contributed by atoms with Crippen molar-refractivity contribution in [1.29, 1.82) is 0 Å². The van der Waals surface area contributed by atoms with E-state index in [4.69, 9.17) is 0 Å². The van der Waals surface area contributed by atoms with Crippen molar-refractivity contribution in [2.75, 3.05) is 18.4 Å². The number of rotatable bonds is 7. The Morgan fingerprint density at radius 3 is 3.10 bits per heavy atom. The lowest BCUT2D eigenvalue weighted by molar-refractivity contribution is 0.0958. The van der Waals surface area contributed by atoms with Crippen LogP contribution in [0, 0.1) is 0 Å². The highest BCUT2D eigenvalue weighted by Crippen LogP contribution is 2.20. The summed E-state index contributed by atoms with van der Waals surface area (Å²) < 4.78 is 0. The molecule has 0 aliphatic heterocycles. The van der Waals surface area contributed by atoms with Crippen LogP contribution < -0.4 is 10.6 Å². The van der Waals surface area contributed by atoms with E-state index in [1.807, 2.05) is 0 Å². The Balaban J connectivity index is 1.84. The fraction of sp³-hybridized carbons (Fsp3) is 0.412. The molecule has 1 aromatic heterocycles. The monoisotopic (exact) mass is 285 g/mol. The fourth-order valence-corrected chi connectivity index (χ4v) is 2.42. The Kier molecular flexibility index (Phi) is 6.00. The van der Waals surface area contributed by atoms with Gasteiger partial charge in [-0.05, 0) is 44.2 Å². The van der Waals surface area contributed by atoms with Crippen molar-refractivity contribution in [2.24, 2.45) is 0 Å². The maximum Gasteiger partial charge on any atom is 0.251 e. The largest absolute Gasteiger partial charge is 0.370 e. The molecule has 0 spiro atoms. The van der Waals surface area contributed by atoms with Gasteiger partial charge >= 0.3 is 0 Å². The summed E-state index contributed by atoms with van der Waals surface area (Å²) in [6.45, 7) is 4.91. The second-order valence-corrected chi connectivity index (χ2v) is 5.21. The van der Waals surface area contributed by atoms with Gasteiger partial charge in [0, 0.05) is 24.8 Å². The van der Waals surface area contributed by atoms with Crippen molar-refractivity contribution in [2.45, 2.75) is 32.1 Å². The third-order valence-electron chi connectivity index (χ3n) is 3.57. The summed E-state index contributed by atoms with van der Waals surface area (Å²) in [4.78, 5) is 16.1. The van der Waals surface area contributed by atoms with Gasteiger partial charge in [-0.3, -0.25) is 4.79 Å². The molecular formula is C17H23N3O. The van der Waals surface area contributed by atoms with Gasteiger partial charge in [0.05, 0.1) is 0 Å². The zero-order valence-electron chi connectivity index (χ0n) is 12.4. The topological polar surface area (TPSA) is 54.0 Å². The third kappa shape index (κ3) is 5.06. The number of allylic oxidation sites excluding steroid dienone is 1. The molecule has 4 heteroatoms. The Labute approximate surface area is 126 Å². The summed E-state index contributed by atoms with van der Waals surface area (Å²) in [5.41, 5.74) is 2.15. The van der Waals surface area contributed by atoms with Crippen LogP contribution in [0.25, 0.3) is 0 Å². The van der Waals surface area contributed by atoms with E-state index < -0.39 is 0 Å². The molecule has 4 nitrogen and oxygen atoms in total. The van der Waals surface area contributed by atoms with E-state index in [9.17, 15) is 4.79 Å². The molecule has 0 fully saturated rings. The summed E-state index contributed by atoms with van der Waals surface area (Å²) in [5.74, 6) is 0.646. The van der Waals surface area contributed by atoms with Crippen molar-refractivity contribution >= 4 is 11.7 Å². The number of hydrogen-bond donors (Lipinski definition) is 2. The number of hydrogen-bond acceptors (Lipinski definition) is 3. The molecule has 0 saturated carbocycles. The van der Waals surface area contributed by atoms with Crippen molar-refractivity contribution in [3.05, 3.63) is 48.2 Å². The van der Waals surface area contributed by atoms with Crippen LogP contribution in [0.1, 0.15) is 42.5 Å². The number of amides is 1. The summed E-state index contributed by atoms with van der Waals surface area (Å²) >= 11 is 0. The van der Waals surface area contributed by atoms with Gasteiger partial charge in [0.2, 0.25) is 0 Å². The van der Waals surface area contributed by atoms with Gasteiger partial charge in [-0.2, -0.15) is 0 Å². The smallest absolute Gasteiger partial charge is 0.251 e. The summed E-state index contributed by atoms with van der Waals surface area (Å²) in [5, 5.41) is 6.05. The summed E-state index contributed by atoms with van der Waals surface area (Å²) in [7, 11) is 0. The highest BCUT2D eigenvalue weighted by molar-refractivity contribution is 5.94. The maximum absolute atomic E-state index is 11.9. The molecule has 0 atom stereocenters. The predicted octanol–water partition coefficient (Wildman–Crippen LogP) is 3.30. The maximum atomic E-state index is 11.9. The number of pyridine rings is 1. The van der Waals surface area contributed by atoms with Crippen LogP contribution in [0.4, 0.5) is 5.82 Å². The molecule has 1 aliphatic rings. The SMILES string of the molecule is C=CCNC(=O)c1ccnc(NCCC2=CCCCC2)c1. The van der Waals surface area contributed by atoms with Gasteiger partial charge in [-0.15, -0.1) is 6.58 Å². The van der Waals surface area contributed by atoms with Gasteiger partial charge in [0.1, 0.15) is 5.82 Å². The second-order valence-electron chi connectivity index (χ2n) is 5.21. The second kappa shape index (κ2) is 8.25. The fourth-order valence-electron chi connectivity index (χ4n) is 2.42. The molecule has 1 aliphatic carbocycles. The third-order valence-corrected chi connectivity index (χ3v) is 3.57. The number of carbonyl (C=O) groups excluding carboxylic acids is 1. The minimum Gasteiger partial charge on any atom is -0.370 e. The van der Waals surface area contributed by atoms with E-state index in [0.717, 1.165) is 18.8 Å². The standard InChI is InChI=1S/C17H23N3O/c1-2-10-20-17(21)15-9-12-19-16(13-15)18-11-8-14-6-4-3-5-7-14/h2,6,9,12-13H,1,3-5,7-8,10-11H2,(H,18,19)(H,20,21). The molecule has 2 N–H and O–H groups in total. The molecule has 2 rings (SSSR count). The Morgan fingerprint density at radius 1 is 1.43 bits per heavy atom. The van der Waals surface area contributed by atoms with Crippen molar-refractivity contribution in [3.63, 3.8) is 0 Å². The average Bonchev–Trinajstić information content (AvgIpc) is 2.54. The van der Waals surface area contributed by atoms with Crippen LogP contribution in [0.5, 0.6) is 0 Å². The number of carbonyl (C=O) groups is 1. The normalized spacial score (nSPS) is 14.2. The molecule has 112 valence electrons. The van der Waals surface area contributed by atoms with E-state index in [1.165, 1.54) is 31.3 Å². The minimum absolute atomic E-state index is 0.102. The molecule has 0 unspecified atom stereocenters. The highest BCUT2D eigenvalue weighted by Gasteiger charge is 2.06. The zero-order valence-corrected chi connectivity index (χ0v) is 12.4. The lowest BCUT2D eigenvalue weighted by Crippen LogP contribution is -2.23. The number of nitrogens with zero attached hydrogens (tertiary/aromatic N) is 1. The zero-order chi connectivity index (χ0) is 14.9. The van der Waals surface area contributed by atoms with Gasteiger partial charge in [0.15, 0.2) is 0 Å². The van der Waals surface area contributed by atoms with Crippen molar-refractivity contribution in [1.82, 2.24) is 10.3 Å². The van der Waals surface area contributed by atoms with Gasteiger partial charge < -0.3 is 10.6 Å². The van der Waals surface area contributed by atoms with E-state index in [2.05, 4.69) is 28.3 Å². The van der Waals surface area contributed by atoms with E-state index in [1.54, 1.807) is 24.4 Å². The molecule has 0 radical (unpaired) electrons. The van der Waals surface area contributed by atoms with Crippen molar-refractivity contribution in [3.8, 4) is 0 Å². The molecule has 0 aromatic carbocycles. The van der Waals surface area contributed by atoms with E-state index in [0.29, 0.717) is 12.1 Å².